The summed E-state index contributed by atoms with van der Waals surface area (Å²) in [5, 5.41) is 0. The highest BCUT2D eigenvalue weighted by atomic mass is 16.5. The van der Waals surface area contributed by atoms with E-state index in [4.69, 9.17) is 0 Å². The Bertz CT molecular complexity index is 426. The van der Waals surface area contributed by atoms with Crippen molar-refractivity contribution in [1.29, 1.82) is 0 Å². The lowest BCUT2D eigenvalue weighted by Gasteiger charge is -2.17. The minimum atomic E-state index is -0.649. The van der Waals surface area contributed by atoms with Gasteiger partial charge in [-0.05, 0) is 18.1 Å². The average molecular weight is 247 g/mol. The van der Waals surface area contributed by atoms with E-state index < -0.39 is 6.09 Å². The summed E-state index contributed by atoms with van der Waals surface area (Å²) in [7, 11) is 1.26. The average Bonchev–Trinajstić information content (AvgIpc) is 2.42. The van der Waals surface area contributed by atoms with Gasteiger partial charge in [0.2, 0.25) is 0 Å². The highest BCUT2D eigenvalue weighted by Crippen LogP contribution is 2.07. The van der Waals surface area contributed by atoms with E-state index in [9.17, 15) is 9.59 Å². The SMILES string of the molecule is CC/C=C/C(=O)N(Cc1ccccc1)C(=O)OC. The maximum Gasteiger partial charge on any atom is 0.416 e. The molecule has 0 aliphatic heterocycles. The molecule has 2 amide bonds. The van der Waals surface area contributed by atoms with Gasteiger partial charge in [0.1, 0.15) is 0 Å². The molecule has 1 aromatic carbocycles. The van der Waals surface area contributed by atoms with E-state index in [0.717, 1.165) is 16.9 Å². The van der Waals surface area contributed by atoms with Crippen LogP contribution in [0, 0.1) is 0 Å². The van der Waals surface area contributed by atoms with Crippen molar-refractivity contribution in [2.45, 2.75) is 19.9 Å². The number of methoxy groups -OCH3 is 1. The zero-order valence-corrected chi connectivity index (χ0v) is 10.6. The van der Waals surface area contributed by atoms with Crippen molar-refractivity contribution in [3.8, 4) is 0 Å². The van der Waals surface area contributed by atoms with E-state index >= 15 is 0 Å². The summed E-state index contributed by atoms with van der Waals surface area (Å²) in [6.07, 6.45) is 3.19. The number of imide groups is 1. The summed E-state index contributed by atoms with van der Waals surface area (Å²) in [5.41, 5.74) is 0.876. The van der Waals surface area contributed by atoms with Gasteiger partial charge in [-0.15, -0.1) is 0 Å². The molecule has 0 unspecified atom stereocenters. The van der Waals surface area contributed by atoms with Crippen LogP contribution in [0.3, 0.4) is 0 Å². The van der Waals surface area contributed by atoms with Crippen molar-refractivity contribution in [3.05, 3.63) is 48.0 Å². The van der Waals surface area contributed by atoms with Crippen molar-refractivity contribution >= 4 is 12.0 Å². The fraction of sp³-hybridized carbons (Fsp3) is 0.286. The molecule has 1 rings (SSSR count). The summed E-state index contributed by atoms with van der Waals surface area (Å²) in [6.45, 7) is 2.13. The van der Waals surface area contributed by atoms with Crippen LogP contribution in [0.5, 0.6) is 0 Å². The lowest BCUT2D eigenvalue weighted by atomic mass is 10.2. The molecule has 18 heavy (non-hydrogen) atoms. The number of hydrogen-bond acceptors (Lipinski definition) is 3. The molecule has 0 saturated carbocycles. The topological polar surface area (TPSA) is 46.6 Å². The number of ether oxygens (including phenoxy) is 1. The van der Waals surface area contributed by atoms with Gasteiger partial charge in [0.05, 0.1) is 13.7 Å². The van der Waals surface area contributed by atoms with Crippen LogP contribution in [0.4, 0.5) is 4.79 Å². The Labute approximate surface area is 107 Å². The number of allylic oxidation sites excluding steroid dienone is 1. The number of benzene rings is 1. The highest BCUT2D eigenvalue weighted by molar-refractivity contribution is 5.98. The van der Waals surface area contributed by atoms with E-state index in [0.29, 0.717) is 0 Å². The van der Waals surface area contributed by atoms with Crippen LogP contribution >= 0.6 is 0 Å². The summed E-state index contributed by atoms with van der Waals surface area (Å²) in [5.74, 6) is -0.368. The Morgan fingerprint density at radius 3 is 2.50 bits per heavy atom. The first-order valence-electron chi connectivity index (χ1n) is 5.79. The molecular formula is C14H17NO3. The minimum Gasteiger partial charge on any atom is -0.452 e. The summed E-state index contributed by atoms with van der Waals surface area (Å²) in [4.78, 5) is 24.5. The third kappa shape index (κ3) is 4.05. The summed E-state index contributed by atoms with van der Waals surface area (Å²) in [6, 6.07) is 9.30. The van der Waals surface area contributed by atoms with E-state index in [1.54, 1.807) is 6.08 Å². The van der Waals surface area contributed by atoms with E-state index in [2.05, 4.69) is 4.74 Å². The molecule has 0 N–H and O–H groups in total. The quantitative estimate of drug-likeness (QED) is 0.768. The van der Waals surface area contributed by atoms with Gasteiger partial charge in [-0.25, -0.2) is 9.69 Å². The molecule has 0 bridgehead atoms. The molecule has 0 aliphatic rings. The van der Waals surface area contributed by atoms with Crippen LogP contribution in [0.15, 0.2) is 42.5 Å². The zero-order chi connectivity index (χ0) is 13.4. The van der Waals surface area contributed by atoms with Gasteiger partial charge in [-0.2, -0.15) is 0 Å². The molecule has 0 aliphatic carbocycles. The Hall–Kier alpha value is -2.10. The van der Waals surface area contributed by atoms with Crippen LogP contribution in [0.25, 0.3) is 0 Å². The van der Waals surface area contributed by atoms with Gasteiger partial charge < -0.3 is 4.74 Å². The standard InChI is InChI=1S/C14H17NO3/c1-3-4-10-13(16)15(14(17)18-2)11-12-8-6-5-7-9-12/h4-10H,3,11H2,1-2H3/b10-4+. The minimum absolute atomic E-state index is 0.209. The molecule has 4 nitrogen and oxygen atoms in total. The number of nitrogens with zero attached hydrogens (tertiary/aromatic N) is 1. The fourth-order valence-electron chi connectivity index (χ4n) is 1.42. The Morgan fingerprint density at radius 2 is 1.94 bits per heavy atom. The van der Waals surface area contributed by atoms with E-state index in [1.165, 1.54) is 13.2 Å². The third-order valence-corrected chi connectivity index (χ3v) is 2.34. The number of carbonyl (C=O) groups excluding carboxylic acids is 2. The van der Waals surface area contributed by atoms with Crippen molar-refractivity contribution in [3.63, 3.8) is 0 Å². The van der Waals surface area contributed by atoms with Crippen molar-refractivity contribution < 1.29 is 14.3 Å². The maximum absolute atomic E-state index is 11.8. The lowest BCUT2D eigenvalue weighted by Crippen LogP contribution is -2.35. The molecule has 0 fully saturated rings. The van der Waals surface area contributed by atoms with Crippen LogP contribution in [0.2, 0.25) is 0 Å². The number of carbonyl (C=O) groups is 2. The second-order valence-electron chi connectivity index (χ2n) is 3.69. The van der Waals surface area contributed by atoms with Gasteiger partial charge in [-0.1, -0.05) is 43.3 Å². The molecule has 0 radical (unpaired) electrons. The fourth-order valence-corrected chi connectivity index (χ4v) is 1.42. The van der Waals surface area contributed by atoms with Crippen LogP contribution in [0.1, 0.15) is 18.9 Å². The molecule has 0 spiro atoms. The number of hydrogen-bond donors (Lipinski definition) is 0. The molecular weight excluding hydrogens is 230 g/mol. The molecule has 96 valence electrons. The normalized spacial score (nSPS) is 10.3. The van der Waals surface area contributed by atoms with E-state index in [1.807, 2.05) is 37.3 Å². The van der Waals surface area contributed by atoms with Crippen molar-refractivity contribution in [2.24, 2.45) is 0 Å². The van der Waals surface area contributed by atoms with Crippen molar-refractivity contribution in [2.75, 3.05) is 7.11 Å². The Morgan fingerprint density at radius 1 is 1.28 bits per heavy atom. The Balaban J connectivity index is 2.82. The molecule has 1 aromatic rings. The first-order chi connectivity index (χ1) is 8.69. The predicted molar refractivity (Wildman–Crippen MR) is 68.8 cm³/mol. The van der Waals surface area contributed by atoms with Gasteiger partial charge in [0, 0.05) is 0 Å². The van der Waals surface area contributed by atoms with Gasteiger partial charge >= 0.3 is 6.09 Å². The first kappa shape index (κ1) is 14.0. The molecule has 4 heteroatoms. The number of rotatable bonds is 4. The van der Waals surface area contributed by atoms with Gasteiger partial charge in [0.25, 0.3) is 5.91 Å². The first-order valence-corrected chi connectivity index (χ1v) is 5.79. The van der Waals surface area contributed by atoms with Gasteiger partial charge in [-0.3, -0.25) is 4.79 Å². The largest absolute Gasteiger partial charge is 0.452 e. The van der Waals surface area contributed by atoms with Crippen LogP contribution in [-0.4, -0.2) is 24.0 Å². The summed E-state index contributed by atoms with van der Waals surface area (Å²) >= 11 is 0. The maximum atomic E-state index is 11.8. The highest BCUT2D eigenvalue weighted by Gasteiger charge is 2.19. The van der Waals surface area contributed by atoms with E-state index in [-0.39, 0.29) is 12.5 Å². The second kappa shape index (κ2) is 7.27. The third-order valence-electron chi connectivity index (χ3n) is 2.34. The zero-order valence-electron chi connectivity index (χ0n) is 10.6. The molecule has 0 atom stereocenters. The van der Waals surface area contributed by atoms with Crippen LogP contribution < -0.4 is 0 Å². The summed E-state index contributed by atoms with van der Waals surface area (Å²) < 4.78 is 4.62. The predicted octanol–water partition coefficient (Wildman–Crippen LogP) is 2.75. The van der Waals surface area contributed by atoms with Gasteiger partial charge in [0.15, 0.2) is 0 Å². The smallest absolute Gasteiger partial charge is 0.416 e. The van der Waals surface area contributed by atoms with Crippen molar-refractivity contribution in [1.82, 2.24) is 4.90 Å². The monoisotopic (exact) mass is 247 g/mol. The molecule has 0 heterocycles. The second-order valence-corrected chi connectivity index (χ2v) is 3.69. The molecule has 0 aromatic heterocycles. The number of amides is 2. The Kier molecular flexibility index (Phi) is 5.64. The molecule has 0 saturated heterocycles. The van der Waals surface area contributed by atoms with Crippen LogP contribution in [-0.2, 0) is 16.1 Å². The lowest BCUT2D eigenvalue weighted by molar-refractivity contribution is -0.124.